The zero-order valence-corrected chi connectivity index (χ0v) is 20.2. The molecule has 12 heteroatoms. The topological polar surface area (TPSA) is 104 Å². The van der Waals surface area contributed by atoms with Crippen molar-refractivity contribution in [1.82, 2.24) is 24.1 Å². The lowest BCUT2D eigenvalue weighted by molar-refractivity contribution is -0.137. The van der Waals surface area contributed by atoms with Crippen molar-refractivity contribution >= 4 is 34.0 Å². The predicted molar refractivity (Wildman–Crippen MR) is 133 cm³/mol. The summed E-state index contributed by atoms with van der Waals surface area (Å²) in [5, 5.41) is 4.73. The highest BCUT2D eigenvalue weighted by Gasteiger charge is 2.31. The molecule has 194 valence electrons. The molecule has 9 nitrogen and oxygen atoms in total. The maximum absolute atomic E-state index is 14.0. The van der Waals surface area contributed by atoms with Crippen molar-refractivity contribution in [2.24, 2.45) is 7.05 Å². The van der Waals surface area contributed by atoms with Gasteiger partial charge in [0, 0.05) is 42.2 Å². The summed E-state index contributed by atoms with van der Waals surface area (Å²) in [6.45, 7) is -0.444. The van der Waals surface area contributed by atoms with Crippen LogP contribution >= 0.6 is 0 Å². The van der Waals surface area contributed by atoms with E-state index in [-0.39, 0.29) is 35.3 Å². The van der Waals surface area contributed by atoms with E-state index in [1.807, 2.05) is 6.92 Å². The van der Waals surface area contributed by atoms with Gasteiger partial charge >= 0.3 is 6.18 Å². The minimum atomic E-state index is -4.59. The van der Waals surface area contributed by atoms with Crippen LogP contribution in [0.4, 0.5) is 24.7 Å². The van der Waals surface area contributed by atoms with Gasteiger partial charge in [-0.3, -0.25) is 14.4 Å². The van der Waals surface area contributed by atoms with Crippen molar-refractivity contribution in [3.05, 3.63) is 83.1 Å². The molecule has 0 saturated carbocycles. The molecule has 1 aliphatic heterocycles. The van der Waals surface area contributed by atoms with Crippen LogP contribution in [-0.2, 0) is 31.1 Å². The Hall–Kier alpha value is -4.45. The summed E-state index contributed by atoms with van der Waals surface area (Å²) in [6, 6.07) is 6.77. The van der Waals surface area contributed by atoms with Crippen molar-refractivity contribution < 1.29 is 25.4 Å². The van der Waals surface area contributed by atoms with Crippen LogP contribution in [0.5, 0.6) is 0 Å². The van der Waals surface area contributed by atoms with Gasteiger partial charge in [0.25, 0.3) is 5.91 Å². The number of alkyl halides is 3. The van der Waals surface area contributed by atoms with E-state index in [0.717, 1.165) is 45.0 Å². The molecular formula is C26H22F3N7O2. The Morgan fingerprint density at radius 3 is 2.79 bits per heavy atom. The van der Waals surface area contributed by atoms with Crippen molar-refractivity contribution in [3.63, 3.8) is 0 Å². The number of amides is 1. The van der Waals surface area contributed by atoms with Crippen molar-refractivity contribution in [2.75, 3.05) is 10.6 Å². The third kappa shape index (κ3) is 4.02. The SMILES string of the molecule is [2H]C([2H])(c1cn2cc(C(F)(F)F)ccc2n1)N(C(=O)c1ccc2nc(N)c3c(c2c1)CO[C@H]3C)c1cnn(C)c1. The van der Waals surface area contributed by atoms with E-state index in [1.54, 1.807) is 19.2 Å². The third-order valence-electron chi connectivity index (χ3n) is 6.45. The summed E-state index contributed by atoms with van der Waals surface area (Å²) in [5.74, 6) is -0.370. The fourth-order valence-corrected chi connectivity index (χ4v) is 4.61. The normalized spacial score (nSPS) is 16.5. The summed E-state index contributed by atoms with van der Waals surface area (Å²) < 4.78 is 65.9. The Morgan fingerprint density at radius 1 is 1.24 bits per heavy atom. The third-order valence-corrected chi connectivity index (χ3v) is 6.45. The van der Waals surface area contributed by atoms with Crippen molar-refractivity contribution in [3.8, 4) is 0 Å². The average Bonchev–Trinajstić information content (AvgIpc) is 3.61. The molecule has 1 aromatic carbocycles. The number of imidazole rings is 1. The molecule has 1 amide bonds. The van der Waals surface area contributed by atoms with Crippen LogP contribution in [0.15, 0.2) is 55.1 Å². The number of nitrogen functional groups attached to an aromatic ring is 1. The molecule has 0 saturated heterocycles. The van der Waals surface area contributed by atoms with Gasteiger partial charge in [0.2, 0.25) is 0 Å². The van der Waals surface area contributed by atoms with Crippen LogP contribution in [0.1, 0.15) is 48.5 Å². The lowest BCUT2D eigenvalue weighted by Gasteiger charge is -2.20. The molecule has 0 fully saturated rings. The van der Waals surface area contributed by atoms with E-state index >= 15 is 0 Å². The number of aryl methyl sites for hydroxylation is 1. The van der Waals surface area contributed by atoms with E-state index in [2.05, 4.69) is 15.1 Å². The molecule has 5 aromatic rings. The van der Waals surface area contributed by atoms with Crippen LogP contribution in [-0.4, -0.2) is 30.1 Å². The van der Waals surface area contributed by atoms with Gasteiger partial charge < -0.3 is 14.9 Å². The van der Waals surface area contributed by atoms with Crippen LogP contribution in [0.3, 0.4) is 0 Å². The molecular weight excluding hydrogens is 499 g/mol. The van der Waals surface area contributed by atoms with Gasteiger partial charge in [-0.15, -0.1) is 0 Å². The summed E-state index contributed by atoms with van der Waals surface area (Å²) in [7, 11) is 1.61. The molecule has 0 unspecified atom stereocenters. The smallest absolute Gasteiger partial charge is 0.383 e. The first kappa shape index (κ1) is 21.6. The molecule has 4 aromatic heterocycles. The second kappa shape index (κ2) is 8.55. The van der Waals surface area contributed by atoms with Gasteiger partial charge in [0.1, 0.15) is 11.5 Å². The largest absolute Gasteiger partial charge is 0.417 e. The molecule has 0 aliphatic carbocycles. The van der Waals surface area contributed by atoms with Gasteiger partial charge in [-0.1, -0.05) is 0 Å². The minimum Gasteiger partial charge on any atom is -0.383 e. The van der Waals surface area contributed by atoms with Gasteiger partial charge in [0.05, 0.1) is 50.6 Å². The maximum atomic E-state index is 14.0. The molecule has 38 heavy (non-hydrogen) atoms. The van der Waals surface area contributed by atoms with E-state index in [4.69, 9.17) is 13.2 Å². The van der Waals surface area contributed by atoms with Gasteiger partial charge in [0.15, 0.2) is 0 Å². The summed E-state index contributed by atoms with van der Waals surface area (Å²) >= 11 is 0. The molecule has 1 aliphatic rings. The Kier molecular flexibility index (Phi) is 4.87. The molecule has 0 bridgehead atoms. The summed E-state index contributed by atoms with van der Waals surface area (Å²) in [5.41, 5.74) is 7.44. The van der Waals surface area contributed by atoms with E-state index in [0.29, 0.717) is 16.7 Å². The van der Waals surface area contributed by atoms with Crippen LogP contribution in [0.2, 0.25) is 0 Å². The van der Waals surface area contributed by atoms with E-state index in [1.165, 1.54) is 23.1 Å². The number of hydrogen-bond acceptors (Lipinski definition) is 6. The monoisotopic (exact) mass is 523 g/mol. The number of fused-ring (bicyclic) bond motifs is 4. The number of hydrogen-bond donors (Lipinski definition) is 1. The number of ether oxygens (including phenoxy) is 1. The summed E-state index contributed by atoms with van der Waals surface area (Å²) in [4.78, 5) is 23.6. The zero-order valence-electron chi connectivity index (χ0n) is 22.2. The highest BCUT2D eigenvalue weighted by atomic mass is 19.4. The highest BCUT2D eigenvalue weighted by molar-refractivity contribution is 6.08. The quantitative estimate of drug-likeness (QED) is 0.368. The Labute approximate surface area is 217 Å². The standard InChI is InChI=1S/C26H22F3N7O2/c1-14-23-20(13-38-14)19-7-15(3-5-21(19)33-24(23)30)25(37)36(18-8-31-34(2)12-18)11-17-10-35-9-16(26(27,28)29)4-6-22(35)32-17/h3-10,12,14H,11,13H2,1-2H3,(H2,30,33)/t14-/m0/s1/i11D2. The molecule has 5 heterocycles. The number of benzene rings is 1. The number of nitrogens with zero attached hydrogens (tertiary/aromatic N) is 6. The molecule has 1 atom stereocenters. The van der Waals surface area contributed by atoms with Crippen LogP contribution < -0.4 is 10.6 Å². The second-order valence-electron chi connectivity index (χ2n) is 9.01. The molecule has 2 N–H and O–H groups in total. The van der Waals surface area contributed by atoms with Crippen molar-refractivity contribution in [2.45, 2.75) is 32.3 Å². The highest BCUT2D eigenvalue weighted by Crippen LogP contribution is 2.38. The van der Waals surface area contributed by atoms with Gasteiger partial charge in [-0.2, -0.15) is 18.3 Å². The Bertz CT molecular complexity index is 1820. The average molecular weight is 524 g/mol. The molecule has 0 spiro atoms. The fraction of sp³-hybridized carbons (Fsp3) is 0.231. The lowest BCUT2D eigenvalue weighted by atomic mass is 10.00. The zero-order chi connectivity index (χ0) is 28.6. The first-order chi connectivity index (χ1) is 18.8. The molecule has 0 radical (unpaired) electrons. The van der Waals surface area contributed by atoms with Gasteiger partial charge in [-0.25, -0.2) is 9.97 Å². The number of aromatic nitrogens is 5. The number of carbonyl (C=O) groups is 1. The first-order valence-corrected chi connectivity index (χ1v) is 11.6. The summed E-state index contributed by atoms with van der Waals surface area (Å²) in [6.07, 6.45) is -0.106. The lowest BCUT2D eigenvalue weighted by Crippen LogP contribution is -2.30. The number of rotatable bonds is 4. The number of nitrogens with two attached hydrogens (primary N) is 1. The Morgan fingerprint density at radius 2 is 2.05 bits per heavy atom. The molecule has 6 rings (SSSR count). The first-order valence-electron chi connectivity index (χ1n) is 12.6. The maximum Gasteiger partial charge on any atom is 0.417 e. The predicted octanol–water partition coefficient (Wildman–Crippen LogP) is 4.66. The number of carbonyl (C=O) groups excluding carboxylic acids is 1. The minimum absolute atomic E-state index is 0.0875. The second-order valence-corrected chi connectivity index (χ2v) is 9.01. The number of anilines is 2. The van der Waals surface area contributed by atoms with E-state index in [9.17, 15) is 18.0 Å². The fourth-order valence-electron chi connectivity index (χ4n) is 4.61. The number of halogens is 3. The van der Waals surface area contributed by atoms with Gasteiger partial charge in [-0.05, 0) is 42.8 Å². The Balaban J connectivity index is 1.47. The number of pyridine rings is 2. The van der Waals surface area contributed by atoms with Crippen LogP contribution in [0, 0.1) is 0 Å². The van der Waals surface area contributed by atoms with Crippen LogP contribution in [0.25, 0.3) is 16.6 Å². The van der Waals surface area contributed by atoms with Crippen molar-refractivity contribution in [1.29, 1.82) is 0 Å². The van der Waals surface area contributed by atoms with E-state index < -0.39 is 24.1 Å².